The molecular formula is C14H7Cl5O2. The summed E-state index contributed by atoms with van der Waals surface area (Å²) < 4.78 is 5.36. The normalized spacial score (nSPS) is 10.5. The van der Waals surface area contributed by atoms with E-state index in [-0.39, 0.29) is 33.2 Å². The van der Waals surface area contributed by atoms with Crippen molar-refractivity contribution in [3.8, 4) is 5.75 Å². The minimum atomic E-state index is -0.307. The van der Waals surface area contributed by atoms with Crippen LogP contribution in [0.15, 0.2) is 30.3 Å². The lowest BCUT2D eigenvalue weighted by molar-refractivity contribution is 0.0922. The van der Waals surface area contributed by atoms with Gasteiger partial charge in [-0.2, -0.15) is 0 Å². The van der Waals surface area contributed by atoms with Gasteiger partial charge >= 0.3 is 0 Å². The molecule has 0 aliphatic carbocycles. The smallest absolute Gasteiger partial charge is 0.201 e. The first-order valence-electron chi connectivity index (χ1n) is 5.64. The van der Waals surface area contributed by atoms with Crippen LogP contribution < -0.4 is 4.74 Å². The largest absolute Gasteiger partial charge is 0.484 e. The van der Waals surface area contributed by atoms with E-state index >= 15 is 0 Å². The van der Waals surface area contributed by atoms with Crippen molar-refractivity contribution in [2.24, 2.45) is 0 Å². The van der Waals surface area contributed by atoms with Crippen LogP contribution in [0.25, 0.3) is 0 Å². The van der Waals surface area contributed by atoms with Gasteiger partial charge in [0.1, 0.15) is 5.75 Å². The van der Waals surface area contributed by atoms with Crippen LogP contribution in [0, 0.1) is 0 Å². The first-order chi connectivity index (χ1) is 9.88. The van der Waals surface area contributed by atoms with Crippen molar-refractivity contribution in [2.75, 3.05) is 6.61 Å². The lowest BCUT2D eigenvalue weighted by Crippen LogP contribution is -2.12. The van der Waals surface area contributed by atoms with Crippen molar-refractivity contribution in [3.05, 3.63) is 61.0 Å². The summed E-state index contributed by atoms with van der Waals surface area (Å²) in [4.78, 5) is 12.1. The molecule has 21 heavy (non-hydrogen) atoms. The van der Waals surface area contributed by atoms with E-state index in [1.807, 2.05) is 0 Å². The molecule has 0 aliphatic heterocycles. The predicted octanol–water partition coefficient (Wildman–Crippen LogP) is 6.22. The molecule has 0 unspecified atom stereocenters. The Labute approximate surface area is 146 Å². The van der Waals surface area contributed by atoms with Crippen molar-refractivity contribution in [3.63, 3.8) is 0 Å². The van der Waals surface area contributed by atoms with E-state index in [0.717, 1.165) is 0 Å². The van der Waals surface area contributed by atoms with Crippen molar-refractivity contribution >= 4 is 63.8 Å². The number of rotatable bonds is 4. The molecular weight excluding hydrogens is 377 g/mol. The first-order valence-corrected chi connectivity index (χ1v) is 7.53. The maximum absolute atomic E-state index is 12.1. The second-order valence-corrected chi connectivity index (χ2v) is 6.10. The first kappa shape index (κ1) is 16.7. The minimum Gasteiger partial charge on any atom is -0.484 e. The Morgan fingerprint density at radius 2 is 1.52 bits per heavy atom. The maximum atomic E-state index is 12.1. The highest BCUT2D eigenvalue weighted by Crippen LogP contribution is 2.34. The van der Waals surface area contributed by atoms with Gasteiger partial charge in [-0.1, -0.05) is 58.0 Å². The highest BCUT2D eigenvalue weighted by atomic mass is 35.5. The van der Waals surface area contributed by atoms with E-state index in [4.69, 9.17) is 62.7 Å². The summed E-state index contributed by atoms with van der Waals surface area (Å²) in [6.07, 6.45) is 0. The van der Waals surface area contributed by atoms with Gasteiger partial charge in [0, 0.05) is 16.7 Å². The van der Waals surface area contributed by atoms with Crippen molar-refractivity contribution < 1.29 is 9.53 Å². The molecule has 0 atom stereocenters. The third-order valence-electron chi connectivity index (χ3n) is 2.57. The van der Waals surface area contributed by atoms with E-state index < -0.39 is 0 Å². The van der Waals surface area contributed by atoms with E-state index in [9.17, 15) is 4.79 Å². The molecule has 2 aromatic rings. The molecule has 110 valence electrons. The lowest BCUT2D eigenvalue weighted by Gasteiger charge is -2.09. The Morgan fingerprint density at radius 1 is 0.857 bits per heavy atom. The summed E-state index contributed by atoms with van der Waals surface area (Å²) >= 11 is 29.4. The second-order valence-electron chi connectivity index (χ2n) is 4.03. The third kappa shape index (κ3) is 4.18. The molecule has 0 aliphatic rings. The monoisotopic (exact) mass is 382 g/mol. The van der Waals surface area contributed by atoms with Crippen LogP contribution in [-0.2, 0) is 0 Å². The van der Waals surface area contributed by atoms with Crippen LogP contribution in [0.1, 0.15) is 10.4 Å². The minimum absolute atomic E-state index is 0.237. The Balaban J connectivity index is 2.13. The predicted molar refractivity (Wildman–Crippen MR) is 87.8 cm³/mol. The van der Waals surface area contributed by atoms with Crippen LogP contribution in [0.4, 0.5) is 0 Å². The molecule has 0 fully saturated rings. The second kappa shape index (κ2) is 7.08. The molecule has 0 N–H and O–H groups in total. The fourth-order valence-corrected chi connectivity index (χ4v) is 2.66. The van der Waals surface area contributed by atoms with Crippen molar-refractivity contribution in [1.82, 2.24) is 0 Å². The van der Waals surface area contributed by atoms with Crippen molar-refractivity contribution in [1.29, 1.82) is 0 Å². The zero-order chi connectivity index (χ0) is 15.6. The maximum Gasteiger partial charge on any atom is 0.201 e. The van der Waals surface area contributed by atoms with Gasteiger partial charge in [0.05, 0.1) is 20.1 Å². The highest BCUT2D eigenvalue weighted by molar-refractivity contribution is 6.43. The van der Waals surface area contributed by atoms with Gasteiger partial charge in [-0.05, 0) is 24.3 Å². The number of benzene rings is 2. The van der Waals surface area contributed by atoms with Gasteiger partial charge in [0.15, 0.2) is 6.61 Å². The molecule has 2 nitrogen and oxygen atoms in total. The van der Waals surface area contributed by atoms with E-state index in [1.54, 1.807) is 6.07 Å². The Bertz CT molecular complexity index is 700. The number of hydrogen-bond donors (Lipinski definition) is 0. The summed E-state index contributed by atoms with van der Waals surface area (Å²) in [6.45, 7) is -0.237. The molecule has 0 amide bonds. The van der Waals surface area contributed by atoms with Crippen LogP contribution in [-0.4, -0.2) is 12.4 Å². The SMILES string of the molecule is O=C(COc1cc(Cl)c(Cl)cc1Cl)c1ccc(Cl)cc1Cl. The quantitative estimate of drug-likeness (QED) is 0.462. The van der Waals surface area contributed by atoms with Gasteiger partial charge in [-0.15, -0.1) is 0 Å². The zero-order valence-corrected chi connectivity index (χ0v) is 14.1. The molecule has 0 saturated heterocycles. The summed E-state index contributed by atoms with van der Waals surface area (Å²) in [6, 6.07) is 7.49. The number of ether oxygens (including phenoxy) is 1. The number of halogens is 5. The molecule has 7 heteroatoms. The van der Waals surface area contributed by atoms with Gasteiger partial charge in [-0.25, -0.2) is 0 Å². The number of carbonyl (C=O) groups excluding carboxylic acids is 1. The van der Waals surface area contributed by atoms with Crippen LogP contribution >= 0.6 is 58.0 Å². The van der Waals surface area contributed by atoms with Crippen LogP contribution in [0.3, 0.4) is 0 Å². The zero-order valence-electron chi connectivity index (χ0n) is 10.3. The molecule has 0 heterocycles. The Hall–Kier alpha value is -0.640. The topological polar surface area (TPSA) is 26.3 Å². The lowest BCUT2D eigenvalue weighted by atomic mass is 10.1. The number of carbonyl (C=O) groups is 1. The molecule has 2 rings (SSSR count). The number of hydrogen-bond acceptors (Lipinski definition) is 2. The van der Waals surface area contributed by atoms with Crippen molar-refractivity contribution in [2.45, 2.75) is 0 Å². The Kier molecular flexibility index (Phi) is 5.64. The number of ketones is 1. The molecule has 0 saturated carbocycles. The summed E-state index contributed by atoms with van der Waals surface area (Å²) in [5.74, 6) is -0.0386. The molecule has 0 radical (unpaired) electrons. The van der Waals surface area contributed by atoms with E-state index in [1.165, 1.54) is 24.3 Å². The average Bonchev–Trinajstić information content (AvgIpc) is 2.41. The van der Waals surface area contributed by atoms with Gasteiger partial charge in [0.25, 0.3) is 0 Å². The van der Waals surface area contributed by atoms with Gasteiger partial charge in [-0.3, -0.25) is 4.79 Å². The summed E-state index contributed by atoms with van der Waals surface area (Å²) in [7, 11) is 0. The standard InChI is InChI=1S/C14H7Cl5O2/c15-7-1-2-8(9(16)3-7)13(20)6-21-14-5-11(18)10(17)4-12(14)19/h1-5H,6H2. The molecule has 0 aromatic heterocycles. The Morgan fingerprint density at radius 3 is 2.19 bits per heavy atom. The van der Waals surface area contributed by atoms with Crippen LogP contribution in [0.5, 0.6) is 5.75 Å². The van der Waals surface area contributed by atoms with Gasteiger partial charge < -0.3 is 4.74 Å². The summed E-state index contributed by atoms with van der Waals surface area (Å²) in [5.41, 5.74) is 0.317. The van der Waals surface area contributed by atoms with Crippen LogP contribution in [0.2, 0.25) is 25.1 Å². The highest BCUT2D eigenvalue weighted by Gasteiger charge is 2.13. The number of Topliss-reactive ketones (excluding diaryl/α,β-unsaturated/α-hetero) is 1. The average molecular weight is 384 g/mol. The summed E-state index contributed by atoms with van der Waals surface area (Å²) in [5, 5.41) is 1.56. The fourth-order valence-electron chi connectivity index (χ4n) is 1.55. The fraction of sp³-hybridized carbons (Fsp3) is 0.0714. The van der Waals surface area contributed by atoms with Gasteiger partial charge in [0.2, 0.25) is 5.78 Å². The van der Waals surface area contributed by atoms with E-state index in [0.29, 0.717) is 15.6 Å². The third-order valence-corrected chi connectivity index (χ3v) is 4.13. The van der Waals surface area contributed by atoms with E-state index in [2.05, 4.69) is 0 Å². The molecule has 2 aromatic carbocycles. The molecule has 0 spiro atoms. The molecule has 0 bridgehead atoms.